The molecule has 6 nitrogen and oxygen atoms in total. The normalized spacial score (nSPS) is 17.4. The Labute approximate surface area is 145 Å². The lowest BCUT2D eigenvalue weighted by molar-refractivity contribution is 0.0655. The summed E-state index contributed by atoms with van der Waals surface area (Å²) in [5.41, 5.74) is 3.71. The zero-order valence-corrected chi connectivity index (χ0v) is 13.8. The third-order valence-corrected chi connectivity index (χ3v) is 4.81. The summed E-state index contributed by atoms with van der Waals surface area (Å²) in [5.74, 6) is -0.134. The van der Waals surface area contributed by atoms with E-state index in [1.54, 1.807) is 15.8 Å². The molecule has 0 unspecified atom stereocenters. The number of fused-ring (bicyclic) bond motifs is 1. The van der Waals surface area contributed by atoms with Crippen LogP contribution >= 0.6 is 0 Å². The highest BCUT2D eigenvalue weighted by Crippen LogP contribution is 2.44. The summed E-state index contributed by atoms with van der Waals surface area (Å²) < 4.78 is 7.33. The molecular formula is C19H19N3O3. The van der Waals surface area contributed by atoms with Gasteiger partial charge in [0.05, 0.1) is 5.54 Å². The van der Waals surface area contributed by atoms with Gasteiger partial charge in [-0.05, 0) is 18.4 Å². The molecule has 0 bridgehead atoms. The SMILES string of the molecule is C=CC1(N2CNn3ccc(=O)c(OCc4ccccc4)c3C2=O)CC1. The van der Waals surface area contributed by atoms with Crippen LogP contribution in [0.5, 0.6) is 5.75 Å². The molecule has 1 saturated carbocycles. The molecule has 0 atom stereocenters. The lowest BCUT2D eigenvalue weighted by Gasteiger charge is -2.36. The Morgan fingerprint density at radius 2 is 1.96 bits per heavy atom. The molecule has 1 aromatic carbocycles. The molecule has 1 fully saturated rings. The Morgan fingerprint density at radius 3 is 2.64 bits per heavy atom. The first-order valence-electron chi connectivity index (χ1n) is 8.26. The van der Waals surface area contributed by atoms with Crippen molar-refractivity contribution in [3.05, 3.63) is 76.7 Å². The zero-order chi connectivity index (χ0) is 17.4. The van der Waals surface area contributed by atoms with Crippen LogP contribution in [0.15, 0.2) is 60.0 Å². The van der Waals surface area contributed by atoms with E-state index in [0.29, 0.717) is 6.67 Å². The molecule has 0 radical (unpaired) electrons. The van der Waals surface area contributed by atoms with Crippen LogP contribution in [-0.4, -0.2) is 27.7 Å². The number of carbonyl (C=O) groups excluding carboxylic acids is 1. The van der Waals surface area contributed by atoms with Crippen molar-refractivity contribution >= 4 is 5.91 Å². The zero-order valence-electron chi connectivity index (χ0n) is 13.8. The molecule has 1 aliphatic carbocycles. The monoisotopic (exact) mass is 337 g/mol. The lowest BCUT2D eigenvalue weighted by Crippen LogP contribution is -2.51. The van der Waals surface area contributed by atoms with Crippen LogP contribution in [0.4, 0.5) is 0 Å². The fraction of sp³-hybridized carbons (Fsp3) is 0.263. The van der Waals surface area contributed by atoms with E-state index in [1.165, 1.54) is 6.07 Å². The second-order valence-corrected chi connectivity index (χ2v) is 6.36. The molecule has 2 heterocycles. The number of pyridine rings is 1. The summed E-state index contributed by atoms with van der Waals surface area (Å²) in [4.78, 5) is 27.1. The number of nitrogens with zero attached hydrogens (tertiary/aromatic N) is 2. The molecule has 0 saturated heterocycles. The Bertz CT molecular complexity index is 885. The minimum atomic E-state index is -0.308. The summed E-state index contributed by atoms with van der Waals surface area (Å²) in [5, 5.41) is 0. The van der Waals surface area contributed by atoms with Crippen LogP contribution in [0.2, 0.25) is 0 Å². The minimum absolute atomic E-state index is 0.0772. The second-order valence-electron chi connectivity index (χ2n) is 6.36. The maximum atomic E-state index is 13.0. The number of aromatic nitrogens is 1. The van der Waals surface area contributed by atoms with Crippen molar-refractivity contribution in [2.75, 3.05) is 12.1 Å². The van der Waals surface area contributed by atoms with Gasteiger partial charge in [-0.15, -0.1) is 6.58 Å². The highest BCUT2D eigenvalue weighted by molar-refractivity contribution is 5.97. The van der Waals surface area contributed by atoms with Gasteiger partial charge in [0.1, 0.15) is 13.3 Å². The van der Waals surface area contributed by atoms with E-state index in [2.05, 4.69) is 12.0 Å². The third kappa shape index (κ3) is 2.59. The van der Waals surface area contributed by atoms with Crippen LogP contribution in [-0.2, 0) is 6.61 Å². The van der Waals surface area contributed by atoms with Crippen molar-refractivity contribution in [1.82, 2.24) is 9.58 Å². The smallest absolute Gasteiger partial charge is 0.278 e. The second kappa shape index (κ2) is 5.81. The topological polar surface area (TPSA) is 63.6 Å². The summed E-state index contributed by atoms with van der Waals surface area (Å²) in [6.45, 7) is 4.46. The molecule has 1 aromatic heterocycles. The summed E-state index contributed by atoms with van der Waals surface area (Å²) in [6.07, 6.45) is 5.16. The van der Waals surface area contributed by atoms with Crippen molar-refractivity contribution in [2.45, 2.75) is 25.0 Å². The molecule has 0 spiro atoms. The van der Waals surface area contributed by atoms with Gasteiger partial charge in [0.15, 0.2) is 11.4 Å². The van der Waals surface area contributed by atoms with Gasteiger partial charge in [-0.1, -0.05) is 36.4 Å². The molecule has 4 rings (SSSR count). The molecule has 1 amide bonds. The number of rotatable bonds is 5. The van der Waals surface area contributed by atoms with E-state index >= 15 is 0 Å². The van der Waals surface area contributed by atoms with Crippen LogP contribution < -0.4 is 15.6 Å². The third-order valence-electron chi connectivity index (χ3n) is 4.81. The molecule has 2 aromatic rings. The van der Waals surface area contributed by atoms with Crippen LogP contribution in [0, 0.1) is 0 Å². The minimum Gasteiger partial charge on any atom is -0.482 e. The maximum absolute atomic E-state index is 13.0. The van der Waals surface area contributed by atoms with Crippen molar-refractivity contribution in [1.29, 1.82) is 0 Å². The number of hydrogen-bond donors (Lipinski definition) is 1. The average molecular weight is 337 g/mol. The molecule has 1 N–H and O–H groups in total. The largest absolute Gasteiger partial charge is 0.482 e. The molecule has 6 heteroatoms. The van der Waals surface area contributed by atoms with Gasteiger partial charge >= 0.3 is 0 Å². The molecule has 2 aliphatic rings. The van der Waals surface area contributed by atoms with Crippen LogP contribution in [0.25, 0.3) is 0 Å². The quantitative estimate of drug-likeness (QED) is 0.849. The Morgan fingerprint density at radius 1 is 1.20 bits per heavy atom. The first kappa shape index (κ1) is 15.5. The van der Waals surface area contributed by atoms with Gasteiger partial charge in [-0.2, -0.15) is 0 Å². The van der Waals surface area contributed by atoms with Crippen molar-refractivity contribution < 1.29 is 9.53 Å². The van der Waals surface area contributed by atoms with Gasteiger partial charge in [-0.3, -0.25) is 14.3 Å². The highest BCUT2D eigenvalue weighted by atomic mass is 16.5. The summed E-state index contributed by atoms with van der Waals surface area (Å²) >= 11 is 0. The first-order valence-corrected chi connectivity index (χ1v) is 8.26. The highest BCUT2D eigenvalue weighted by Gasteiger charge is 2.50. The lowest BCUT2D eigenvalue weighted by atomic mass is 10.1. The van der Waals surface area contributed by atoms with Gasteiger partial charge in [0, 0.05) is 12.3 Å². The molecule has 128 valence electrons. The Balaban J connectivity index is 1.68. The average Bonchev–Trinajstić information content (AvgIpc) is 3.43. The number of amides is 1. The van der Waals surface area contributed by atoms with Gasteiger partial charge in [0.25, 0.3) is 5.91 Å². The van der Waals surface area contributed by atoms with Gasteiger partial charge in [0.2, 0.25) is 5.43 Å². The molecule has 25 heavy (non-hydrogen) atoms. The van der Waals surface area contributed by atoms with E-state index in [1.807, 2.05) is 36.4 Å². The number of nitrogens with one attached hydrogen (secondary N) is 1. The standard InChI is InChI=1S/C19H19N3O3/c1-2-19(9-10-19)21-13-20-22-11-8-15(23)17(16(22)18(21)24)25-12-14-6-4-3-5-7-14/h2-8,11,20H,1,9-10,12-13H2. The number of hydrogen-bond acceptors (Lipinski definition) is 4. The van der Waals surface area contributed by atoms with Gasteiger partial charge in [-0.25, -0.2) is 0 Å². The van der Waals surface area contributed by atoms with Crippen molar-refractivity contribution in [3.8, 4) is 5.75 Å². The summed E-state index contributed by atoms with van der Waals surface area (Å²) in [6, 6.07) is 11.0. The van der Waals surface area contributed by atoms with E-state index in [9.17, 15) is 9.59 Å². The van der Waals surface area contributed by atoms with E-state index in [-0.39, 0.29) is 34.9 Å². The predicted octanol–water partition coefficient (Wildman–Crippen LogP) is 2.10. The Hall–Kier alpha value is -3.02. The maximum Gasteiger partial charge on any atom is 0.278 e. The summed E-state index contributed by atoms with van der Waals surface area (Å²) in [7, 11) is 0. The fourth-order valence-electron chi connectivity index (χ4n) is 3.14. The van der Waals surface area contributed by atoms with E-state index in [0.717, 1.165) is 18.4 Å². The van der Waals surface area contributed by atoms with Gasteiger partial charge < -0.3 is 15.1 Å². The number of ether oxygens (including phenoxy) is 1. The first-order chi connectivity index (χ1) is 12.1. The fourth-order valence-corrected chi connectivity index (χ4v) is 3.14. The number of benzene rings is 1. The molecular weight excluding hydrogens is 318 g/mol. The van der Waals surface area contributed by atoms with E-state index < -0.39 is 0 Å². The predicted molar refractivity (Wildman–Crippen MR) is 94.0 cm³/mol. The van der Waals surface area contributed by atoms with E-state index in [4.69, 9.17) is 4.74 Å². The van der Waals surface area contributed by atoms with Crippen LogP contribution in [0.1, 0.15) is 28.9 Å². The van der Waals surface area contributed by atoms with Crippen LogP contribution in [0.3, 0.4) is 0 Å². The van der Waals surface area contributed by atoms with Crippen molar-refractivity contribution in [2.24, 2.45) is 0 Å². The molecule has 1 aliphatic heterocycles. The Kier molecular flexibility index (Phi) is 3.60. The van der Waals surface area contributed by atoms with Crippen molar-refractivity contribution in [3.63, 3.8) is 0 Å². The number of carbonyl (C=O) groups is 1.